The highest BCUT2D eigenvalue weighted by molar-refractivity contribution is 5.91. The van der Waals surface area contributed by atoms with Crippen molar-refractivity contribution in [3.05, 3.63) is 35.9 Å². The van der Waals surface area contributed by atoms with Crippen LogP contribution in [0, 0.1) is 5.92 Å². The number of carboxylic acids is 1. The Morgan fingerprint density at radius 1 is 1.35 bits per heavy atom. The van der Waals surface area contributed by atoms with Gasteiger partial charge in [-0.3, -0.25) is 4.79 Å². The first-order valence-electron chi connectivity index (χ1n) is 7.54. The van der Waals surface area contributed by atoms with E-state index in [9.17, 15) is 9.59 Å². The van der Waals surface area contributed by atoms with E-state index >= 15 is 0 Å². The van der Waals surface area contributed by atoms with E-state index in [4.69, 9.17) is 15.6 Å². The van der Waals surface area contributed by atoms with Crippen LogP contribution in [-0.4, -0.2) is 28.9 Å². The van der Waals surface area contributed by atoms with Gasteiger partial charge in [0.25, 0.3) is 0 Å². The van der Waals surface area contributed by atoms with Crippen LogP contribution in [0.1, 0.15) is 31.2 Å². The first kappa shape index (κ1) is 17.0. The highest BCUT2D eigenvalue weighted by Gasteiger charge is 2.29. The molecule has 2 unspecified atom stereocenters. The zero-order valence-electron chi connectivity index (χ0n) is 12.8. The number of ether oxygens (including phenoxy) is 1. The number of carboxylic acid groups (broad SMARTS) is 1. The number of hydrogen-bond donors (Lipinski definition) is 3. The number of nitrogens with one attached hydrogen (secondary N) is 1. The van der Waals surface area contributed by atoms with Gasteiger partial charge in [0, 0.05) is 11.6 Å². The van der Waals surface area contributed by atoms with Gasteiger partial charge < -0.3 is 15.6 Å². The number of carbonyl (C=O) groups is 2. The van der Waals surface area contributed by atoms with E-state index in [1.807, 2.05) is 30.3 Å². The van der Waals surface area contributed by atoms with Gasteiger partial charge in [0.15, 0.2) is 0 Å². The van der Waals surface area contributed by atoms with Gasteiger partial charge in [-0.2, -0.15) is 5.10 Å². The van der Waals surface area contributed by atoms with E-state index in [0.717, 1.165) is 12.0 Å². The maximum Gasteiger partial charge on any atom is 0.332 e. The molecule has 0 bridgehead atoms. The maximum atomic E-state index is 11.0. The molecular weight excluding hydrogens is 298 g/mol. The molecule has 1 fully saturated rings. The van der Waals surface area contributed by atoms with Gasteiger partial charge in [0.1, 0.15) is 0 Å². The van der Waals surface area contributed by atoms with Crippen molar-refractivity contribution in [1.82, 2.24) is 5.43 Å². The van der Waals surface area contributed by atoms with Crippen LogP contribution in [0.2, 0.25) is 0 Å². The Balaban J connectivity index is 1.94. The van der Waals surface area contributed by atoms with Crippen molar-refractivity contribution < 1.29 is 19.4 Å². The van der Waals surface area contributed by atoms with Crippen molar-refractivity contribution in [2.75, 3.05) is 0 Å². The van der Waals surface area contributed by atoms with Gasteiger partial charge in [-0.25, -0.2) is 10.2 Å². The summed E-state index contributed by atoms with van der Waals surface area (Å²) in [6.07, 6.45) is 1.83. The zero-order valence-corrected chi connectivity index (χ0v) is 12.8. The molecule has 0 radical (unpaired) electrons. The summed E-state index contributed by atoms with van der Waals surface area (Å²) in [5.41, 5.74) is 8.92. The Hall–Kier alpha value is -2.41. The van der Waals surface area contributed by atoms with Crippen molar-refractivity contribution in [3.8, 4) is 0 Å². The molecule has 0 saturated heterocycles. The Bertz CT molecular complexity index is 574. The zero-order chi connectivity index (χ0) is 16.7. The molecule has 1 aromatic carbocycles. The standard InChI is InChI=1S/C16H21N3O4/c17-16(22)19-18-14-7-6-13(8-12(14)9-15(20)21)23-10-11-4-2-1-3-5-11/h1-5,12-13H,6-10H2,(H,20,21)(H3,17,19,22)/b18-14+. The Labute approximate surface area is 134 Å². The fraction of sp³-hybridized carbons (Fsp3) is 0.438. The molecule has 124 valence electrons. The molecule has 7 heteroatoms. The number of nitrogens with zero attached hydrogens (tertiary/aromatic N) is 1. The largest absolute Gasteiger partial charge is 0.481 e. The molecular formula is C16H21N3O4. The lowest BCUT2D eigenvalue weighted by molar-refractivity contribution is -0.137. The average Bonchev–Trinajstić information content (AvgIpc) is 2.52. The fourth-order valence-corrected chi connectivity index (χ4v) is 2.71. The Morgan fingerprint density at radius 3 is 2.74 bits per heavy atom. The second kappa shape index (κ2) is 8.28. The average molecular weight is 319 g/mol. The molecule has 0 heterocycles. The van der Waals surface area contributed by atoms with Crippen LogP contribution in [-0.2, 0) is 16.1 Å². The van der Waals surface area contributed by atoms with E-state index in [-0.39, 0.29) is 18.4 Å². The molecule has 0 aromatic heterocycles. The Kier molecular flexibility index (Phi) is 6.10. The molecule has 2 atom stereocenters. The molecule has 4 N–H and O–H groups in total. The molecule has 1 aromatic rings. The molecule has 0 aliphatic heterocycles. The molecule has 1 aliphatic rings. The maximum absolute atomic E-state index is 11.0. The molecule has 23 heavy (non-hydrogen) atoms. The SMILES string of the molecule is NC(=O)N/N=C1\CCC(OCc2ccccc2)CC1CC(=O)O. The van der Waals surface area contributed by atoms with E-state index in [0.29, 0.717) is 25.2 Å². The summed E-state index contributed by atoms with van der Waals surface area (Å²) in [5, 5.41) is 13.0. The molecule has 7 nitrogen and oxygen atoms in total. The third kappa shape index (κ3) is 5.71. The van der Waals surface area contributed by atoms with E-state index in [2.05, 4.69) is 10.5 Å². The normalized spacial score (nSPS) is 22.7. The van der Waals surface area contributed by atoms with Crippen molar-refractivity contribution in [3.63, 3.8) is 0 Å². The van der Waals surface area contributed by atoms with Crippen molar-refractivity contribution in [1.29, 1.82) is 0 Å². The van der Waals surface area contributed by atoms with Gasteiger partial charge in [0.05, 0.1) is 19.1 Å². The molecule has 2 rings (SSSR count). The van der Waals surface area contributed by atoms with Crippen LogP contribution in [0.25, 0.3) is 0 Å². The lowest BCUT2D eigenvalue weighted by Gasteiger charge is -2.29. The minimum absolute atomic E-state index is 0.0212. The minimum atomic E-state index is -0.898. The summed E-state index contributed by atoms with van der Waals surface area (Å²) in [6, 6.07) is 9.07. The van der Waals surface area contributed by atoms with Crippen molar-refractivity contribution in [2.24, 2.45) is 16.8 Å². The molecule has 2 amide bonds. The van der Waals surface area contributed by atoms with E-state index < -0.39 is 12.0 Å². The first-order chi connectivity index (χ1) is 11.0. The lowest BCUT2D eigenvalue weighted by Crippen LogP contribution is -2.34. The number of urea groups is 1. The van der Waals surface area contributed by atoms with Crippen LogP contribution in [0.15, 0.2) is 35.4 Å². The third-order valence-electron chi connectivity index (χ3n) is 3.80. The fourth-order valence-electron chi connectivity index (χ4n) is 2.71. The third-order valence-corrected chi connectivity index (χ3v) is 3.80. The lowest BCUT2D eigenvalue weighted by atomic mass is 9.83. The predicted molar refractivity (Wildman–Crippen MR) is 84.8 cm³/mol. The second-order valence-corrected chi connectivity index (χ2v) is 5.57. The second-order valence-electron chi connectivity index (χ2n) is 5.57. The topological polar surface area (TPSA) is 114 Å². The summed E-state index contributed by atoms with van der Waals surface area (Å²) in [5.74, 6) is -1.15. The van der Waals surface area contributed by atoms with Gasteiger partial charge in [-0.05, 0) is 24.8 Å². The van der Waals surface area contributed by atoms with E-state index in [1.54, 1.807) is 0 Å². The molecule has 1 saturated carbocycles. The molecule has 1 aliphatic carbocycles. The number of primary amides is 1. The predicted octanol–water partition coefficient (Wildman–Crippen LogP) is 1.87. The van der Waals surface area contributed by atoms with Crippen LogP contribution in [0.5, 0.6) is 0 Å². The van der Waals surface area contributed by atoms with Gasteiger partial charge >= 0.3 is 12.0 Å². The number of aliphatic carboxylic acids is 1. The van der Waals surface area contributed by atoms with Gasteiger partial charge in [-0.1, -0.05) is 30.3 Å². The van der Waals surface area contributed by atoms with E-state index in [1.165, 1.54) is 0 Å². The van der Waals surface area contributed by atoms with Crippen LogP contribution >= 0.6 is 0 Å². The number of nitrogens with two attached hydrogens (primary N) is 1. The summed E-state index contributed by atoms with van der Waals surface area (Å²) in [6.45, 7) is 0.497. The molecule has 0 spiro atoms. The first-order valence-corrected chi connectivity index (χ1v) is 7.54. The van der Waals surface area contributed by atoms with Gasteiger partial charge in [0.2, 0.25) is 0 Å². The number of amides is 2. The highest BCUT2D eigenvalue weighted by atomic mass is 16.5. The van der Waals surface area contributed by atoms with Gasteiger partial charge in [-0.15, -0.1) is 0 Å². The van der Waals surface area contributed by atoms with Crippen molar-refractivity contribution >= 4 is 17.7 Å². The smallest absolute Gasteiger partial charge is 0.332 e. The monoisotopic (exact) mass is 319 g/mol. The minimum Gasteiger partial charge on any atom is -0.481 e. The summed E-state index contributed by atoms with van der Waals surface area (Å²) < 4.78 is 5.89. The van der Waals surface area contributed by atoms with Crippen LogP contribution < -0.4 is 11.2 Å². The summed E-state index contributed by atoms with van der Waals surface area (Å²) >= 11 is 0. The quantitative estimate of drug-likeness (QED) is 0.694. The number of rotatable bonds is 6. The van der Waals surface area contributed by atoms with Crippen molar-refractivity contribution in [2.45, 2.75) is 38.4 Å². The Morgan fingerprint density at radius 2 is 2.09 bits per heavy atom. The van der Waals surface area contributed by atoms with Crippen LogP contribution in [0.3, 0.4) is 0 Å². The number of hydrazone groups is 1. The van der Waals surface area contributed by atoms with Crippen LogP contribution in [0.4, 0.5) is 4.79 Å². The number of benzene rings is 1. The number of hydrogen-bond acceptors (Lipinski definition) is 4. The summed E-state index contributed by atoms with van der Waals surface area (Å²) in [4.78, 5) is 21.8. The highest BCUT2D eigenvalue weighted by Crippen LogP contribution is 2.27. The summed E-state index contributed by atoms with van der Waals surface area (Å²) in [7, 11) is 0. The number of carbonyl (C=O) groups excluding carboxylic acids is 1.